The maximum Gasteiger partial charge on any atom is 0.282 e. The van der Waals surface area contributed by atoms with Crippen LogP contribution in [0.4, 0.5) is 0 Å². The number of hydrogen-bond acceptors (Lipinski definition) is 2. The van der Waals surface area contributed by atoms with E-state index >= 15 is 0 Å². The SMILES string of the molecule is CCCCCCCCCC(=O)c1c(C)[nH]n(-c2ccccc2)c1=O. The highest BCUT2D eigenvalue weighted by Gasteiger charge is 2.18. The minimum Gasteiger partial charge on any atom is -0.295 e. The predicted octanol–water partition coefficient (Wildman–Crippen LogP) is 4.80. The lowest BCUT2D eigenvalue weighted by Gasteiger charge is -2.01. The number of aromatic amines is 1. The Kier molecular flexibility index (Phi) is 7.04. The lowest BCUT2D eigenvalue weighted by Crippen LogP contribution is -2.20. The maximum absolute atomic E-state index is 12.5. The van der Waals surface area contributed by atoms with Gasteiger partial charge in [-0.2, -0.15) is 0 Å². The van der Waals surface area contributed by atoms with Crippen LogP contribution >= 0.6 is 0 Å². The summed E-state index contributed by atoms with van der Waals surface area (Å²) in [6, 6.07) is 9.34. The zero-order chi connectivity index (χ0) is 17.4. The van der Waals surface area contributed by atoms with Gasteiger partial charge in [0.2, 0.25) is 0 Å². The highest BCUT2D eigenvalue weighted by atomic mass is 16.2. The van der Waals surface area contributed by atoms with Crippen LogP contribution in [-0.4, -0.2) is 15.6 Å². The second-order valence-electron chi connectivity index (χ2n) is 6.38. The lowest BCUT2D eigenvalue weighted by molar-refractivity contribution is 0.0977. The first-order valence-corrected chi connectivity index (χ1v) is 9.05. The van der Waals surface area contributed by atoms with E-state index in [1.165, 1.54) is 36.8 Å². The van der Waals surface area contributed by atoms with Gasteiger partial charge in [-0.05, 0) is 25.5 Å². The quantitative estimate of drug-likeness (QED) is 0.503. The molecule has 2 rings (SSSR count). The smallest absolute Gasteiger partial charge is 0.282 e. The molecule has 0 saturated heterocycles. The number of carbonyl (C=O) groups excluding carboxylic acids is 1. The van der Waals surface area contributed by atoms with Gasteiger partial charge >= 0.3 is 0 Å². The minimum absolute atomic E-state index is 0.0445. The average molecular weight is 328 g/mol. The Hall–Kier alpha value is -2.10. The summed E-state index contributed by atoms with van der Waals surface area (Å²) >= 11 is 0. The van der Waals surface area contributed by atoms with E-state index in [-0.39, 0.29) is 11.3 Å². The first-order valence-electron chi connectivity index (χ1n) is 9.05. The zero-order valence-corrected chi connectivity index (χ0v) is 14.8. The van der Waals surface area contributed by atoms with Gasteiger partial charge in [0.05, 0.1) is 5.69 Å². The highest BCUT2D eigenvalue weighted by molar-refractivity contribution is 5.96. The normalized spacial score (nSPS) is 10.9. The Morgan fingerprint density at radius 1 is 1.00 bits per heavy atom. The Morgan fingerprint density at radius 3 is 2.29 bits per heavy atom. The van der Waals surface area contributed by atoms with E-state index < -0.39 is 0 Å². The summed E-state index contributed by atoms with van der Waals surface area (Å²) in [5, 5.41) is 3.02. The van der Waals surface area contributed by atoms with Gasteiger partial charge in [0.1, 0.15) is 5.56 Å². The number of nitrogens with zero attached hydrogens (tertiary/aromatic N) is 1. The van der Waals surface area contributed by atoms with Crippen LogP contribution in [0.1, 0.15) is 74.3 Å². The number of H-pyrrole nitrogens is 1. The van der Waals surface area contributed by atoms with Crippen molar-refractivity contribution in [2.75, 3.05) is 0 Å². The molecule has 0 aliphatic heterocycles. The van der Waals surface area contributed by atoms with Crippen molar-refractivity contribution in [3.63, 3.8) is 0 Å². The number of carbonyl (C=O) groups is 1. The monoisotopic (exact) mass is 328 g/mol. The van der Waals surface area contributed by atoms with Gasteiger partial charge in [-0.15, -0.1) is 0 Å². The number of nitrogens with one attached hydrogen (secondary N) is 1. The van der Waals surface area contributed by atoms with Crippen molar-refractivity contribution < 1.29 is 4.79 Å². The third kappa shape index (κ3) is 4.70. The van der Waals surface area contributed by atoms with Gasteiger partial charge in [-0.1, -0.05) is 63.6 Å². The number of ketones is 1. The molecule has 1 aromatic carbocycles. The molecule has 4 heteroatoms. The summed E-state index contributed by atoms with van der Waals surface area (Å²) in [4.78, 5) is 25.0. The number of aromatic nitrogens is 2. The van der Waals surface area contributed by atoms with Crippen molar-refractivity contribution >= 4 is 5.78 Å². The predicted molar refractivity (Wildman–Crippen MR) is 98.1 cm³/mol. The standard InChI is InChI=1S/C20H28N2O2/c1-3-4-5-6-7-8-12-15-18(23)19-16(2)21-22(20(19)24)17-13-10-9-11-14-17/h9-11,13-14,21H,3-8,12,15H2,1-2H3. The number of unbranched alkanes of at least 4 members (excludes halogenated alkanes) is 6. The van der Waals surface area contributed by atoms with E-state index in [2.05, 4.69) is 12.0 Å². The molecule has 1 N–H and O–H groups in total. The molecule has 4 nitrogen and oxygen atoms in total. The Balaban J connectivity index is 1.93. The van der Waals surface area contributed by atoms with E-state index in [1.807, 2.05) is 30.3 Å². The first-order chi connectivity index (χ1) is 11.6. The molecular weight excluding hydrogens is 300 g/mol. The van der Waals surface area contributed by atoms with Crippen LogP contribution in [0.5, 0.6) is 0 Å². The first kappa shape index (κ1) is 18.2. The van der Waals surface area contributed by atoms with Gasteiger partial charge in [-0.3, -0.25) is 14.7 Å². The Bertz CT molecular complexity index is 698. The molecule has 0 radical (unpaired) electrons. The summed E-state index contributed by atoms with van der Waals surface area (Å²) < 4.78 is 1.45. The van der Waals surface area contributed by atoms with Crippen molar-refractivity contribution in [1.29, 1.82) is 0 Å². The number of Topliss-reactive ketones (excluding diaryl/α,β-unsaturated/α-hetero) is 1. The molecule has 0 aliphatic carbocycles. The molecule has 0 atom stereocenters. The van der Waals surface area contributed by atoms with Crippen LogP contribution < -0.4 is 5.56 Å². The second kappa shape index (κ2) is 9.26. The summed E-state index contributed by atoms with van der Waals surface area (Å²) in [5.74, 6) is -0.0445. The number of para-hydroxylation sites is 1. The molecule has 0 bridgehead atoms. The van der Waals surface area contributed by atoms with E-state index in [0.717, 1.165) is 18.5 Å². The van der Waals surface area contributed by atoms with E-state index in [1.54, 1.807) is 6.92 Å². The zero-order valence-electron chi connectivity index (χ0n) is 14.8. The van der Waals surface area contributed by atoms with Gasteiger partial charge in [0, 0.05) is 12.1 Å². The molecule has 0 saturated carbocycles. The van der Waals surface area contributed by atoms with Gasteiger partial charge in [0.25, 0.3) is 5.56 Å². The van der Waals surface area contributed by atoms with Crippen molar-refractivity contribution in [2.24, 2.45) is 0 Å². The van der Waals surface area contributed by atoms with Gasteiger partial charge < -0.3 is 0 Å². The molecule has 0 aliphatic rings. The summed E-state index contributed by atoms with van der Waals surface area (Å²) in [5.41, 5.74) is 1.47. The molecule has 0 unspecified atom stereocenters. The Morgan fingerprint density at radius 2 is 1.62 bits per heavy atom. The van der Waals surface area contributed by atoms with Crippen molar-refractivity contribution in [3.8, 4) is 5.69 Å². The average Bonchev–Trinajstić information content (AvgIpc) is 2.89. The second-order valence-corrected chi connectivity index (χ2v) is 6.38. The molecule has 0 amide bonds. The molecule has 0 spiro atoms. The molecule has 24 heavy (non-hydrogen) atoms. The number of rotatable bonds is 10. The van der Waals surface area contributed by atoms with Crippen LogP contribution in [0.25, 0.3) is 5.69 Å². The van der Waals surface area contributed by atoms with Crippen molar-refractivity contribution in [1.82, 2.24) is 9.78 Å². The van der Waals surface area contributed by atoms with Crippen LogP contribution in [0.15, 0.2) is 35.1 Å². The molecule has 130 valence electrons. The third-order valence-corrected chi connectivity index (χ3v) is 4.37. The number of hydrogen-bond donors (Lipinski definition) is 1. The number of aryl methyl sites for hydroxylation is 1. The van der Waals surface area contributed by atoms with Gasteiger partial charge in [0.15, 0.2) is 5.78 Å². The Labute approximate surface area is 143 Å². The molecule has 1 heterocycles. The lowest BCUT2D eigenvalue weighted by atomic mass is 10.0. The molecular formula is C20H28N2O2. The third-order valence-electron chi connectivity index (χ3n) is 4.37. The molecule has 0 fully saturated rings. The maximum atomic E-state index is 12.5. The number of benzene rings is 1. The largest absolute Gasteiger partial charge is 0.295 e. The van der Waals surface area contributed by atoms with Crippen LogP contribution in [0, 0.1) is 6.92 Å². The minimum atomic E-state index is -0.244. The fourth-order valence-electron chi connectivity index (χ4n) is 3.00. The van der Waals surface area contributed by atoms with Crippen LogP contribution in [0.2, 0.25) is 0 Å². The van der Waals surface area contributed by atoms with E-state index in [4.69, 9.17) is 0 Å². The highest BCUT2D eigenvalue weighted by Crippen LogP contribution is 2.13. The van der Waals surface area contributed by atoms with Crippen molar-refractivity contribution in [2.45, 2.75) is 65.2 Å². The van der Waals surface area contributed by atoms with Crippen molar-refractivity contribution in [3.05, 3.63) is 51.9 Å². The van der Waals surface area contributed by atoms with E-state index in [9.17, 15) is 9.59 Å². The topological polar surface area (TPSA) is 54.9 Å². The molecule has 2 aromatic rings. The van der Waals surface area contributed by atoms with Gasteiger partial charge in [-0.25, -0.2) is 4.68 Å². The van der Waals surface area contributed by atoms with Crippen LogP contribution in [-0.2, 0) is 0 Å². The fourth-order valence-corrected chi connectivity index (χ4v) is 3.00. The summed E-state index contributed by atoms with van der Waals surface area (Å²) in [7, 11) is 0. The molecule has 1 aromatic heterocycles. The van der Waals surface area contributed by atoms with Crippen LogP contribution in [0.3, 0.4) is 0 Å². The van der Waals surface area contributed by atoms with E-state index in [0.29, 0.717) is 17.7 Å². The fraction of sp³-hybridized carbons (Fsp3) is 0.500. The summed E-state index contributed by atoms with van der Waals surface area (Å²) in [6.07, 6.45) is 8.62. The summed E-state index contributed by atoms with van der Waals surface area (Å²) in [6.45, 7) is 4.00.